The molecule has 1 heterocycles. The van der Waals surface area contributed by atoms with Crippen LogP contribution < -0.4 is 31.7 Å². The van der Waals surface area contributed by atoms with Gasteiger partial charge in [-0.25, -0.2) is 0 Å². The molecule has 2 N–H and O–H groups in total. The zero-order chi connectivity index (χ0) is 20.3. The van der Waals surface area contributed by atoms with E-state index in [1.165, 1.54) is 15.6 Å². The van der Waals surface area contributed by atoms with Gasteiger partial charge in [-0.2, -0.15) is 0 Å². The summed E-state index contributed by atoms with van der Waals surface area (Å²) < 4.78 is 6.47. The van der Waals surface area contributed by atoms with Crippen LogP contribution in [0.3, 0.4) is 0 Å². The van der Waals surface area contributed by atoms with Gasteiger partial charge in [0.1, 0.15) is 5.75 Å². The van der Waals surface area contributed by atoms with Crippen LogP contribution in [0.15, 0.2) is 71.7 Å². The number of aromatic nitrogens is 1. The molecule has 1 aliphatic rings. The molecule has 0 saturated heterocycles. The standard InChI is InChI=1S/C24H25IN3O/c1-25-16-17-6-8-18(9-7-17)21-4-3-5-22(27-21)28-23(26)24(14-15-24)19-10-12-20(29-2)13-11-19/h3-13H,14-16H2,1-2H3,(H2,26,27,28)/q-1. The number of alkyl halides is 2. The first-order chi connectivity index (χ1) is 14.1. The van der Waals surface area contributed by atoms with Crippen molar-refractivity contribution in [2.75, 3.05) is 12.0 Å². The van der Waals surface area contributed by atoms with Crippen molar-refractivity contribution < 1.29 is 25.9 Å². The van der Waals surface area contributed by atoms with E-state index in [-0.39, 0.29) is 26.6 Å². The molecule has 3 aromatic rings. The third-order valence-electron chi connectivity index (χ3n) is 5.39. The Balaban J connectivity index is 1.58. The molecule has 29 heavy (non-hydrogen) atoms. The Morgan fingerprint density at radius 1 is 1.07 bits per heavy atom. The molecule has 0 unspecified atom stereocenters. The second-order valence-corrected chi connectivity index (χ2v) is 9.57. The summed E-state index contributed by atoms with van der Waals surface area (Å²) in [4.78, 5) is 11.7. The average molecular weight is 498 g/mol. The van der Waals surface area contributed by atoms with E-state index in [4.69, 9.17) is 20.4 Å². The van der Waals surface area contributed by atoms with E-state index in [1.807, 2.05) is 30.3 Å². The van der Waals surface area contributed by atoms with Crippen LogP contribution in [0.2, 0.25) is 0 Å². The summed E-state index contributed by atoms with van der Waals surface area (Å²) in [5, 5.41) is 0. The number of benzene rings is 2. The third kappa shape index (κ3) is 4.29. The first kappa shape index (κ1) is 19.9. The van der Waals surface area contributed by atoms with Crippen molar-refractivity contribution in [1.29, 1.82) is 0 Å². The topological polar surface area (TPSA) is 60.5 Å². The number of methoxy groups -OCH3 is 1. The normalized spacial score (nSPS) is 15.3. The molecular formula is C24H25IN3O-. The van der Waals surface area contributed by atoms with Crippen molar-refractivity contribution in [2.24, 2.45) is 10.7 Å². The van der Waals surface area contributed by atoms with Gasteiger partial charge in [0.2, 0.25) is 0 Å². The predicted molar refractivity (Wildman–Crippen MR) is 114 cm³/mol. The fraction of sp³-hybridized carbons (Fsp3) is 0.250. The summed E-state index contributed by atoms with van der Waals surface area (Å²) in [5.74, 6) is 2.14. The van der Waals surface area contributed by atoms with Crippen LogP contribution in [0.25, 0.3) is 11.3 Å². The SMILES string of the molecule is COc1ccc(C2(C(N)=Nc3cccc(-c4ccc(C[I-]C)cc4)n3)CC2)cc1. The van der Waals surface area contributed by atoms with Gasteiger partial charge in [0.15, 0.2) is 0 Å². The van der Waals surface area contributed by atoms with Crippen molar-refractivity contribution in [3.05, 3.63) is 77.9 Å². The van der Waals surface area contributed by atoms with Crippen molar-refractivity contribution >= 4 is 11.7 Å². The van der Waals surface area contributed by atoms with E-state index in [0.29, 0.717) is 11.7 Å². The van der Waals surface area contributed by atoms with Crippen LogP contribution in [-0.2, 0) is 9.84 Å². The number of aliphatic imine (C=N–C) groups is 1. The Hall–Kier alpha value is -2.41. The number of amidine groups is 1. The number of nitrogens with two attached hydrogens (primary N) is 1. The predicted octanol–water partition coefficient (Wildman–Crippen LogP) is 1.70. The van der Waals surface area contributed by atoms with Crippen molar-refractivity contribution in [3.8, 4) is 17.0 Å². The molecule has 1 fully saturated rings. The van der Waals surface area contributed by atoms with Gasteiger partial charge >= 0.3 is 141 Å². The molecule has 1 saturated carbocycles. The Labute approximate surface area is 182 Å². The summed E-state index contributed by atoms with van der Waals surface area (Å²) in [5.41, 5.74) is 10.9. The first-order valence-corrected chi connectivity index (χ1v) is 13.3. The monoisotopic (exact) mass is 498 g/mol. The maximum absolute atomic E-state index is 6.47. The summed E-state index contributed by atoms with van der Waals surface area (Å²) in [7, 11) is 1.68. The maximum atomic E-state index is 6.47. The fourth-order valence-electron chi connectivity index (χ4n) is 3.52. The number of hydrogen-bond donors (Lipinski definition) is 1. The van der Waals surface area contributed by atoms with Crippen LogP contribution in [-0.4, -0.2) is 22.9 Å². The molecule has 0 aliphatic heterocycles. The number of halogens is 1. The van der Waals surface area contributed by atoms with Gasteiger partial charge in [-0.05, 0) is 12.1 Å². The molecule has 2 aromatic carbocycles. The minimum Gasteiger partial charge on any atom is -0.0543 e. The molecule has 5 heteroatoms. The summed E-state index contributed by atoms with van der Waals surface area (Å²) in [6.45, 7) is 0. The van der Waals surface area contributed by atoms with Gasteiger partial charge in [0, 0.05) is 0 Å². The van der Waals surface area contributed by atoms with Crippen LogP contribution >= 0.6 is 0 Å². The number of ether oxygens (including phenoxy) is 1. The Kier molecular flexibility index (Phi) is 5.85. The van der Waals surface area contributed by atoms with Gasteiger partial charge in [0.05, 0.1) is 7.11 Å². The minimum absolute atomic E-state index is 0.172. The molecule has 0 bridgehead atoms. The summed E-state index contributed by atoms with van der Waals surface area (Å²) in [6, 6.07) is 22.7. The summed E-state index contributed by atoms with van der Waals surface area (Å²) >= 11 is 0.266. The molecule has 4 rings (SSSR count). The molecule has 0 spiro atoms. The van der Waals surface area contributed by atoms with E-state index in [2.05, 4.69) is 41.3 Å². The molecular weight excluding hydrogens is 473 g/mol. The molecule has 1 aromatic heterocycles. The average Bonchev–Trinajstić information content (AvgIpc) is 3.57. The molecule has 1 aliphatic carbocycles. The first-order valence-electron chi connectivity index (χ1n) is 9.64. The number of hydrogen-bond acceptors (Lipinski definition) is 3. The van der Waals surface area contributed by atoms with Gasteiger partial charge in [-0.15, -0.1) is 0 Å². The Morgan fingerprint density at radius 2 is 1.79 bits per heavy atom. The van der Waals surface area contributed by atoms with Crippen molar-refractivity contribution in [3.63, 3.8) is 0 Å². The quantitative estimate of drug-likeness (QED) is 0.234. The number of rotatable bonds is 7. The minimum atomic E-state index is -0.172. The van der Waals surface area contributed by atoms with E-state index in [0.717, 1.165) is 29.8 Å². The van der Waals surface area contributed by atoms with E-state index >= 15 is 0 Å². The zero-order valence-corrected chi connectivity index (χ0v) is 18.9. The number of nitrogens with zero attached hydrogens (tertiary/aromatic N) is 2. The third-order valence-corrected chi connectivity index (χ3v) is 7.03. The summed E-state index contributed by atoms with van der Waals surface area (Å²) in [6.07, 6.45) is 2.02. The molecule has 0 radical (unpaired) electrons. The van der Waals surface area contributed by atoms with Crippen molar-refractivity contribution in [1.82, 2.24) is 4.98 Å². The zero-order valence-electron chi connectivity index (χ0n) is 16.7. The van der Waals surface area contributed by atoms with E-state index in [9.17, 15) is 0 Å². The van der Waals surface area contributed by atoms with Crippen LogP contribution in [0.5, 0.6) is 5.75 Å². The second-order valence-electron chi connectivity index (χ2n) is 7.29. The van der Waals surface area contributed by atoms with E-state index < -0.39 is 0 Å². The Bertz CT molecular complexity index is 1010. The fourth-order valence-corrected chi connectivity index (χ4v) is 4.91. The molecule has 0 atom stereocenters. The van der Waals surface area contributed by atoms with Crippen LogP contribution in [0.1, 0.15) is 24.0 Å². The van der Waals surface area contributed by atoms with Crippen molar-refractivity contribution in [2.45, 2.75) is 22.7 Å². The Morgan fingerprint density at radius 3 is 2.41 bits per heavy atom. The van der Waals surface area contributed by atoms with Gasteiger partial charge < -0.3 is 4.74 Å². The van der Waals surface area contributed by atoms with Crippen LogP contribution in [0.4, 0.5) is 5.82 Å². The second kappa shape index (κ2) is 8.53. The number of pyridine rings is 1. The molecule has 0 amide bonds. The van der Waals surface area contributed by atoms with Gasteiger partial charge in [-0.3, -0.25) is 0 Å². The van der Waals surface area contributed by atoms with Gasteiger partial charge in [0.25, 0.3) is 0 Å². The smallest absolute Gasteiger partial charge is 0.0543 e. The molecule has 4 nitrogen and oxygen atoms in total. The van der Waals surface area contributed by atoms with Gasteiger partial charge in [-0.1, -0.05) is 12.1 Å². The molecule has 150 valence electrons. The van der Waals surface area contributed by atoms with Crippen LogP contribution in [0, 0.1) is 0 Å². The van der Waals surface area contributed by atoms with E-state index in [1.54, 1.807) is 7.11 Å².